The van der Waals surface area contributed by atoms with Crippen LogP contribution in [-0.4, -0.2) is 17.3 Å². The van der Waals surface area contributed by atoms with E-state index in [0.717, 1.165) is 16.9 Å². The summed E-state index contributed by atoms with van der Waals surface area (Å²) in [6.07, 6.45) is 0.294. The highest BCUT2D eigenvalue weighted by molar-refractivity contribution is 7.98. The van der Waals surface area contributed by atoms with Gasteiger partial charge in [0.15, 0.2) is 11.6 Å². The lowest BCUT2D eigenvalue weighted by molar-refractivity contribution is 0.0891. The molecule has 0 aliphatic carbocycles. The molecule has 0 saturated carbocycles. The Morgan fingerprint density at radius 2 is 1.26 bits per heavy atom. The third-order valence-corrected chi connectivity index (χ3v) is 7.43. The molecule has 0 spiro atoms. The van der Waals surface area contributed by atoms with Gasteiger partial charge in [0.25, 0.3) is 0 Å². The van der Waals surface area contributed by atoms with Crippen LogP contribution in [0.25, 0.3) is 0 Å². The Bertz CT molecular complexity index is 1220. The Hall–Kier alpha value is -3.43. The Morgan fingerprint density at radius 3 is 1.89 bits per heavy atom. The topological polar surface area (TPSA) is 34.1 Å². The number of hydrogen-bond acceptors (Lipinski definition) is 3. The maximum Gasteiger partial charge on any atom is 0.167 e. The lowest BCUT2D eigenvalue weighted by atomic mass is 9.78. The van der Waals surface area contributed by atoms with Crippen LogP contribution in [0, 0.1) is 12.8 Å². The molecule has 2 unspecified atom stereocenters. The number of benzene rings is 4. The third kappa shape index (κ3) is 6.80. The third-order valence-electron chi connectivity index (χ3n) is 6.30. The lowest BCUT2D eigenvalue weighted by Gasteiger charge is -2.26. The van der Waals surface area contributed by atoms with Gasteiger partial charge in [0.1, 0.15) is 0 Å². The average molecular weight is 479 g/mol. The van der Waals surface area contributed by atoms with Gasteiger partial charge in [-0.1, -0.05) is 121 Å². The van der Waals surface area contributed by atoms with Crippen LogP contribution in [0.15, 0.2) is 115 Å². The van der Waals surface area contributed by atoms with Crippen molar-refractivity contribution < 1.29 is 9.59 Å². The predicted octanol–water partition coefficient (Wildman–Crippen LogP) is 7.78. The van der Waals surface area contributed by atoms with Crippen LogP contribution in [0.4, 0.5) is 0 Å². The fourth-order valence-electron chi connectivity index (χ4n) is 4.32. The van der Waals surface area contributed by atoms with Crippen molar-refractivity contribution in [3.05, 3.63) is 143 Å². The van der Waals surface area contributed by atoms with Gasteiger partial charge in [-0.25, -0.2) is 0 Å². The summed E-state index contributed by atoms with van der Waals surface area (Å²) >= 11 is 1.75. The Morgan fingerprint density at radius 1 is 0.686 bits per heavy atom. The molecule has 0 amide bonds. The monoisotopic (exact) mass is 478 g/mol. The molecule has 3 heteroatoms. The van der Waals surface area contributed by atoms with E-state index >= 15 is 0 Å². The first-order chi connectivity index (χ1) is 17.1. The van der Waals surface area contributed by atoms with E-state index in [1.54, 1.807) is 11.8 Å². The zero-order valence-corrected chi connectivity index (χ0v) is 20.8. The standard InChI is InChI=1S/C32H30O2S/c1-24-17-19-27(20-18-24)31(33)21-29(26-13-7-3-8-14-26)30(32(34)28-15-9-4-10-16-28)23-35-22-25-11-5-2-6-12-25/h2-20,29-30H,21-23H2,1H3. The summed E-state index contributed by atoms with van der Waals surface area (Å²) in [6.45, 7) is 2.01. The molecule has 0 aliphatic heterocycles. The summed E-state index contributed by atoms with van der Waals surface area (Å²) in [6, 6.07) is 37.5. The number of rotatable bonds is 11. The van der Waals surface area contributed by atoms with Crippen LogP contribution in [0.2, 0.25) is 0 Å². The zero-order chi connectivity index (χ0) is 24.5. The van der Waals surface area contributed by atoms with Crippen molar-refractivity contribution in [2.45, 2.75) is 25.0 Å². The van der Waals surface area contributed by atoms with Gasteiger partial charge in [-0.05, 0) is 18.1 Å². The van der Waals surface area contributed by atoms with E-state index in [1.165, 1.54) is 5.56 Å². The molecule has 4 rings (SSSR count). The maximum atomic E-state index is 13.8. The minimum Gasteiger partial charge on any atom is -0.294 e. The number of aryl methyl sites for hydroxylation is 1. The first-order valence-corrected chi connectivity index (χ1v) is 13.1. The van der Waals surface area contributed by atoms with Gasteiger partial charge in [-0.3, -0.25) is 9.59 Å². The molecule has 35 heavy (non-hydrogen) atoms. The van der Waals surface area contributed by atoms with Gasteiger partial charge >= 0.3 is 0 Å². The van der Waals surface area contributed by atoms with E-state index in [-0.39, 0.29) is 23.4 Å². The molecule has 2 nitrogen and oxygen atoms in total. The molecular weight excluding hydrogens is 448 g/mol. The SMILES string of the molecule is Cc1ccc(C(=O)CC(c2ccccc2)C(CSCc2ccccc2)C(=O)c2ccccc2)cc1. The number of ketones is 2. The van der Waals surface area contributed by atoms with Crippen molar-refractivity contribution in [2.24, 2.45) is 5.92 Å². The minimum atomic E-state index is -0.317. The molecule has 0 fully saturated rings. The van der Waals surface area contributed by atoms with E-state index in [1.807, 2.05) is 110 Å². The largest absolute Gasteiger partial charge is 0.294 e. The van der Waals surface area contributed by atoms with E-state index < -0.39 is 0 Å². The summed E-state index contributed by atoms with van der Waals surface area (Å²) in [5.74, 6) is 1.11. The van der Waals surface area contributed by atoms with Crippen LogP contribution >= 0.6 is 11.8 Å². The molecule has 4 aromatic rings. The highest BCUT2D eigenvalue weighted by atomic mass is 32.2. The Labute approximate surface area is 212 Å². The van der Waals surface area contributed by atoms with E-state index in [2.05, 4.69) is 12.1 Å². The van der Waals surface area contributed by atoms with Crippen molar-refractivity contribution in [3.63, 3.8) is 0 Å². The number of hydrogen-bond donors (Lipinski definition) is 0. The molecule has 2 atom stereocenters. The fourth-order valence-corrected chi connectivity index (χ4v) is 5.50. The first-order valence-electron chi connectivity index (χ1n) is 12.0. The Kier molecular flexibility index (Phi) is 8.69. The van der Waals surface area contributed by atoms with Gasteiger partial charge in [0.05, 0.1) is 0 Å². The molecular formula is C32H30O2S. The molecule has 0 N–H and O–H groups in total. The van der Waals surface area contributed by atoms with Gasteiger partial charge in [0, 0.05) is 40.9 Å². The van der Waals surface area contributed by atoms with E-state index in [0.29, 0.717) is 23.3 Å². The second-order valence-electron chi connectivity index (χ2n) is 8.85. The Balaban J connectivity index is 1.64. The van der Waals surface area contributed by atoms with Crippen LogP contribution in [0.1, 0.15) is 49.7 Å². The summed E-state index contributed by atoms with van der Waals surface area (Å²) in [7, 11) is 0. The molecule has 4 aromatic carbocycles. The second-order valence-corrected chi connectivity index (χ2v) is 9.88. The number of carbonyl (C=O) groups is 2. The van der Waals surface area contributed by atoms with Crippen molar-refractivity contribution in [2.75, 3.05) is 5.75 Å². The second kappa shape index (κ2) is 12.3. The van der Waals surface area contributed by atoms with Crippen LogP contribution in [0.3, 0.4) is 0 Å². The summed E-state index contributed by atoms with van der Waals surface area (Å²) in [5, 5.41) is 0. The number of thioether (sulfide) groups is 1. The lowest BCUT2D eigenvalue weighted by Crippen LogP contribution is -2.27. The summed E-state index contributed by atoms with van der Waals surface area (Å²) < 4.78 is 0. The molecule has 0 radical (unpaired) electrons. The minimum absolute atomic E-state index is 0.0674. The van der Waals surface area contributed by atoms with Crippen LogP contribution in [0.5, 0.6) is 0 Å². The number of Topliss-reactive ketones (excluding diaryl/α,β-unsaturated/α-hetero) is 2. The van der Waals surface area contributed by atoms with Crippen LogP contribution in [-0.2, 0) is 5.75 Å². The van der Waals surface area contributed by atoms with E-state index in [4.69, 9.17) is 0 Å². The quantitative estimate of drug-likeness (QED) is 0.206. The van der Waals surface area contributed by atoms with Crippen molar-refractivity contribution in [1.82, 2.24) is 0 Å². The molecule has 0 heterocycles. The van der Waals surface area contributed by atoms with Crippen molar-refractivity contribution >= 4 is 23.3 Å². The van der Waals surface area contributed by atoms with Gasteiger partial charge < -0.3 is 0 Å². The fraction of sp³-hybridized carbons (Fsp3) is 0.188. The average Bonchev–Trinajstić information content (AvgIpc) is 2.91. The molecule has 176 valence electrons. The van der Waals surface area contributed by atoms with Gasteiger partial charge in [-0.2, -0.15) is 11.8 Å². The van der Waals surface area contributed by atoms with Gasteiger partial charge in [0.2, 0.25) is 0 Å². The summed E-state index contributed by atoms with van der Waals surface area (Å²) in [5.41, 5.74) is 4.77. The number of carbonyl (C=O) groups excluding carboxylic acids is 2. The van der Waals surface area contributed by atoms with E-state index in [9.17, 15) is 9.59 Å². The van der Waals surface area contributed by atoms with Crippen molar-refractivity contribution in [1.29, 1.82) is 0 Å². The smallest absolute Gasteiger partial charge is 0.167 e. The van der Waals surface area contributed by atoms with Gasteiger partial charge in [-0.15, -0.1) is 0 Å². The highest BCUT2D eigenvalue weighted by Gasteiger charge is 2.32. The zero-order valence-electron chi connectivity index (χ0n) is 20.0. The molecule has 0 aliphatic rings. The maximum absolute atomic E-state index is 13.8. The molecule has 0 bridgehead atoms. The first kappa shape index (κ1) is 24.7. The summed E-state index contributed by atoms with van der Waals surface area (Å²) in [4.78, 5) is 27.2. The molecule has 0 saturated heterocycles. The van der Waals surface area contributed by atoms with Crippen molar-refractivity contribution in [3.8, 4) is 0 Å². The normalized spacial score (nSPS) is 12.6. The predicted molar refractivity (Wildman–Crippen MR) is 146 cm³/mol. The highest BCUT2D eigenvalue weighted by Crippen LogP contribution is 2.35. The van der Waals surface area contributed by atoms with Crippen LogP contribution < -0.4 is 0 Å². The molecule has 0 aromatic heterocycles.